The summed E-state index contributed by atoms with van der Waals surface area (Å²) < 4.78 is 0. The van der Waals surface area contributed by atoms with Gasteiger partial charge in [0.2, 0.25) is 0 Å². The normalized spacial score (nSPS) is 22.7. The molecule has 0 aliphatic carbocycles. The molecule has 0 atom stereocenters. The third kappa shape index (κ3) is 1.85. The van der Waals surface area contributed by atoms with Crippen molar-refractivity contribution in [1.82, 2.24) is 4.90 Å². The van der Waals surface area contributed by atoms with Crippen molar-refractivity contribution in [2.75, 3.05) is 7.05 Å². The Morgan fingerprint density at radius 1 is 0.923 bits per heavy atom. The third-order valence-corrected chi connectivity index (χ3v) is 2.92. The molecule has 0 spiro atoms. The second-order valence-electron chi connectivity index (χ2n) is 3.82. The molecule has 2 bridgehead atoms. The fraction of sp³-hybridized carbons (Fsp3) is 0.500. The van der Waals surface area contributed by atoms with E-state index in [0.717, 1.165) is 0 Å². The van der Waals surface area contributed by atoms with Crippen molar-refractivity contribution >= 4 is 0 Å². The quantitative estimate of drug-likeness (QED) is 0.546. The predicted octanol–water partition coefficient (Wildman–Crippen LogP) is 3.22. The minimum atomic E-state index is 1.23. The summed E-state index contributed by atoms with van der Waals surface area (Å²) in [6.07, 6.45) is 15.3. The molecular formula is C12H17N. The van der Waals surface area contributed by atoms with Crippen molar-refractivity contribution in [1.29, 1.82) is 0 Å². The van der Waals surface area contributed by atoms with Crippen LogP contribution in [-0.4, -0.2) is 11.9 Å². The van der Waals surface area contributed by atoms with E-state index in [-0.39, 0.29) is 0 Å². The summed E-state index contributed by atoms with van der Waals surface area (Å²) in [7, 11) is 2.19. The van der Waals surface area contributed by atoms with Crippen LogP contribution in [0.2, 0.25) is 0 Å². The summed E-state index contributed by atoms with van der Waals surface area (Å²) in [5.74, 6) is 0. The minimum absolute atomic E-state index is 1.23. The maximum atomic E-state index is 2.36. The first-order valence-corrected chi connectivity index (χ1v) is 5.18. The van der Waals surface area contributed by atoms with Gasteiger partial charge in [-0.15, -0.1) is 0 Å². The van der Waals surface area contributed by atoms with Crippen LogP contribution in [-0.2, 0) is 0 Å². The molecule has 2 rings (SSSR count). The van der Waals surface area contributed by atoms with Gasteiger partial charge in [0.15, 0.2) is 0 Å². The van der Waals surface area contributed by atoms with Gasteiger partial charge in [-0.3, -0.25) is 0 Å². The van der Waals surface area contributed by atoms with Gasteiger partial charge in [-0.05, 0) is 37.8 Å². The highest BCUT2D eigenvalue weighted by Crippen LogP contribution is 2.26. The van der Waals surface area contributed by atoms with Crippen molar-refractivity contribution in [3.05, 3.63) is 35.7 Å². The molecular weight excluding hydrogens is 158 g/mol. The molecule has 0 radical (unpaired) electrons. The van der Waals surface area contributed by atoms with Gasteiger partial charge < -0.3 is 4.90 Å². The highest BCUT2D eigenvalue weighted by molar-refractivity contribution is 5.26. The smallest absolute Gasteiger partial charge is 0.0173 e. The number of fused-ring (bicyclic) bond motifs is 2. The van der Waals surface area contributed by atoms with Crippen LogP contribution in [0.4, 0.5) is 0 Å². The van der Waals surface area contributed by atoms with Crippen molar-refractivity contribution in [2.45, 2.75) is 32.1 Å². The average molecular weight is 175 g/mol. The molecule has 1 fully saturated rings. The molecule has 2 aliphatic heterocycles. The monoisotopic (exact) mass is 175 g/mol. The van der Waals surface area contributed by atoms with Crippen LogP contribution in [0, 0.1) is 0 Å². The number of hydrogen-bond donors (Lipinski definition) is 0. The van der Waals surface area contributed by atoms with Gasteiger partial charge in [0.25, 0.3) is 0 Å². The number of nitrogens with zero attached hydrogens (tertiary/aromatic N) is 1. The predicted molar refractivity (Wildman–Crippen MR) is 56.2 cm³/mol. The largest absolute Gasteiger partial charge is 0.352 e. The zero-order valence-corrected chi connectivity index (χ0v) is 8.29. The third-order valence-electron chi connectivity index (χ3n) is 2.92. The second-order valence-corrected chi connectivity index (χ2v) is 3.82. The molecule has 2 aliphatic rings. The average Bonchev–Trinajstić information content (AvgIpc) is 2.32. The lowest BCUT2D eigenvalue weighted by molar-refractivity contribution is 0.433. The number of hydrogen-bond acceptors (Lipinski definition) is 1. The van der Waals surface area contributed by atoms with Crippen molar-refractivity contribution in [3.8, 4) is 0 Å². The minimum Gasteiger partial charge on any atom is -0.352 e. The van der Waals surface area contributed by atoms with Crippen LogP contribution in [0.3, 0.4) is 0 Å². The van der Waals surface area contributed by atoms with Gasteiger partial charge in [0.05, 0.1) is 0 Å². The van der Waals surface area contributed by atoms with Gasteiger partial charge >= 0.3 is 0 Å². The van der Waals surface area contributed by atoms with E-state index in [0.29, 0.717) is 0 Å². The van der Waals surface area contributed by atoms with E-state index >= 15 is 0 Å². The Morgan fingerprint density at radius 3 is 2.00 bits per heavy atom. The Bertz CT molecular complexity index is 245. The summed E-state index contributed by atoms with van der Waals surface area (Å²) in [6, 6.07) is 0. The summed E-state index contributed by atoms with van der Waals surface area (Å²) in [4.78, 5) is 2.36. The van der Waals surface area contributed by atoms with E-state index < -0.39 is 0 Å². The fourth-order valence-corrected chi connectivity index (χ4v) is 2.03. The first-order chi connectivity index (χ1) is 6.38. The lowest BCUT2D eigenvalue weighted by atomic mass is 10.0. The molecule has 13 heavy (non-hydrogen) atoms. The van der Waals surface area contributed by atoms with Gasteiger partial charge in [0.1, 0.15) is 0 Å². The second kappa shape index (κ2) is 3.82. The molecule has 0 aromatic carbocycles. The first kappa shape index (κ1) is 8.61. The zero-order valence-electron chi connectivity index (χ0n) is 8.29. The van der Waals surface area contributed by atoms with Crippen LogP contribution >= 0.6 is 0 Å². The standard InChI is InChI=1S/C12H17N/c1-13-11-7-3-2-4-8-12(13)10-6-5-9-11/h5-6,9-10H,2-4,7-8H2,1H3. The molecule has 1 nitrogen and oxygen atoms in total. The molecule has 70 valence electrons. The SMILES string of the molecule is CN1C2=CC=CC=C1CCCCC2. The molecule has 1 saturated heterocycles. The van der Waals surface area contributed by atoms with E-state index in [4.69, 9.17) is 0 Å². The summed E-state index contributed by atoms with van der Waals surface area (Å²) in [6.45, 7) is 0. The number of rotatable bonds is 0. The van der Waals surface area contributed by atoms with E-state index in [1.54, 1.807) is 0 Å². The van der Waals surface area contributed by atoms with Crippen molar-refractivity contribution < 1.29 is 0 Å². The van der Waals surface area contributed by atoms with Gasteiger partial charge in [-0.25, -0.2) is 0 Å². The number of allylic oxidation sites excluding steroid dienone is 6. The summed E-state index contributed by atoms with van der Waals surface area (Å²) in [5, 5.41) is 0. The molecule has 0 aromatic rings. The molecule has 0 N–H and O–H groups in total. The van der Waals surface area contributed by atoms with Crippen LogP contribution in [0.5, 0.6) is 0 Å². The van der Waals surface area contributed by atoms with Crippen molar-refractivity contribution in [2.24, 2.45) is 0 Å². The molecule has 0 aromatic heterocycles. The maximum Gasteiger partial charge on any atom is 0.0173 e. The van der Waals surface area contributed by atoms with Gasteiger partial charge in [-0.2, -0.15) is 0 Å². The van der Waals surface area contributed by atoms with Crippen LogP contribution < -0.4 is 0 Å². The van der Waals surface area contributed by atoms with Crippen LogP contribution in [0.1, 0.15) is 32.1 Å². The van der Waals surface area contributed by atoms with Crippen molar-refractivity contribution in [3.63, 3.8) is 0 Å². The first-order valence-electron chi connectivity index (χ1n) is 5.18. The molecule has 0 amide bonds. The lowest BCUT2D eigenvalue weighted by Crippen LogP contribution is -2.18. The van der Waals surface area contributed by atoms with Crippen LogP contribution in [0.25, 0.3) is 0 Å². The molecule has 0 unspecified atom stereocenters. The fourth-order valence-electron chi connectivity index (χ4n) is 2.03. The Labute approximate surface area is 80.4 Å². The Hall–Kier alpha value is -0.980. The lowest BCUT2D eigenvalue weighted by Gasteiger charge is -2.27. The van der Waals surface area contributed by atoms with E-state index in [1.165, 1.54) is 43.5 Å². The molecule has 1 heteroatoms. The zero-order chi connectivity index (χ0) is 9.10. The highest BCUT2D eigenvalue weighted by atomic mass is 15.1. The highest BCUT2D eigenvalue weighted by Gasteiger charge is 2.12. The summed E-state index contributed by atoms with van der Waals surface area (Å²) >= 11 is 0. The van der Waals surface area contributed by atoms with E-state index in [9.17, 15) is 0 Å². The van der Waals surface area contributed by atoms with Crippen LogP contribution in [0.15, 0.2) is 35.7 Å². The molecule has 0 saturated carbocycles. The Balaban J connectivity index is 2.27. The summed E-state index contributed by atoms with van der Waals surface area (Å²) in [5.41, 5.74) is 2.94. The van der Waals surface area contributed by atoms with Gasteiger partial charge in [-0.1, -0.05) is 18.6 Å². The van der Waals surface area contributed by atoms with Gasteiger partial charge in [0, 0.05) is 18.4 Å². The maximum absolute atomic E-state index is 2.36. The Morgan fingerprint density at radius 2 is 1.46 bits per heavy atom. The molecule has 2 heterocycles. The topological polar surface area (TPSA) is 3.24 Å². The van der Waals surface area contributed by atoms with E-state index in [2.05, 4.69) is 36.3 Å². The Kier molecular flexibility index (Phi) is 2.53. The van der Waals surface area contributed by atoms with E-state index in [1.807, 2.05) is 0 Å².